The molecule has 5 nitrogen and oxygen atoms in total. The molecule has 1 saturated carbocycles. The van der Waals surface area contributed by atoms with Gasteiger partial charge in [-0.1, -0.05) is 0 Å². The fourth-order valence-corrected chi connectivity index (χ4v) is 2.02. The van der Waals surface area contributed by atoms with Gasteiger partial charge < -0.3 is 15.3 Å². The maximum absolute atomic E-state index is 12.0. The molecule has 0 unspecified atom stereocenters. The van der Waals surface area contributed by atoms with Crippen LogP contribution in [0.25, 0.3) is 0 Å². The average Bonchev–Trinajstić information content (AvgIpc) is 2.33. The molecule has 2 N–H and O–H groups in total. The van der Waals surface area contributed by atoms with Gasteiger partial charge in [-0.15, -0.1) is 0 Å². The minimum atomic E-state index is -0.405. The number of hydrogen-bond acceptors (Lipinski definition) is 4. The summed E-state index contributed by atoms with van der Waals surface area (Å²) in [5.41, 5.74) is 0.123. The number of amides is 1. The molecule has 0 saturated heterocycles. The molecule has 0 atom stereocenters. The molecule has 1 aromatic rings. The molecule has 1 aromatic heterocycles. The van der Waals surface area contributed by atoms with Crippen LogP contribution in [0.5, 0.6) is 0 Å². The van der Waals surface area contributed by atoms with Crippen LogP contribution in [-0.2, 0) is 0 Å². The fourth-order valence-electron chi connectivity index (χ4n) is 2.02. The van der Waals surface area contributed by atoms with E-state index in [1.165, 1.54) is 0 Å². The summed E-state index contributed by atoms with van der Waals surface area (Å²) in [5, 5.41) is 12.2. The summed E-state index contributed by atoms with van der Waals surface area (Å²) >= 11 is 0. The SMILES string of the molecule is CN(C)c1ccc(C(=O)NC2(CO)CCC2)cn1. The van der Waals surface area contributed by atoms with Crippen LogP contribution >= 0.6 is 0 Å². The maximum Gasteiger partial charge on any atom is 0.253 e. The highest BCUT2D eigenvalue weighted by atomic mass is 16.3. The van der Waals surface area contributed by atoms with E-state index in [9.17, 15) is 9.90 Å². The standard InChI is InChI=1S/C13H19N3O2/c1-16(2)11-5-4-10(8-14-11)12(18)15-13(9-17)6-3-7-13/h4-5,8,17H,3,6-7,9H2,1-2H3,(H,15,18). The van der Waals surface area contributed by atoms with Gasteiger partial charge in [0.2, 0.25) is 0 Å². The fraction of sp³-hybridized carbons (Fsp3) is 0.538. The van der Waals surface area contributed by atoms with E-state index < -0.39 is 5.54 Å². The Balaban J connectivity index is 2.05. The number of carbonyl (C=O) groups is 1. The highest BCUT2D eigenvalue weighted by Crippen LogP contribution is 2.31. The third-order valence-electron chi connectivity index (χ3n) is 3.46. The van der Waals surface area contributed by atoms with E-state index >= 15 is 0 Å². The summed E-state index contributed by atoms with van der Waals surface area (Å²) in [6.07, 6.45) is 4.31. The Labute approximate surface area is 107 Å². The predicted molar refractivity (Wildman–Crippen MR) is 69.7 cm³/mol. The van der Waals surface area contributed by atoms with Crippen LogP contribution in [0.4, 0.5) is 5.82 Å². The molecule has 0 aliphatic heterocycles. The average molecular weight is 249 g/mol. The van der Waals surface area contributed by atoms with Crippen LogP contribution < -0.4 is 10.2 Å². The molecule has 0 spiro atoms. The number of rotatable bonds is 4. The van der Waals surface area contributed by atoms with E-state index in [0.717, 1.165) is 25.1 Å². The van der Waals surface area contributed by atoms with Crippen LogP contribution in [0.2, 0.25) is 0 Å². The first-order valence-corrected chi connectivity index (χ1v) is 6.13. The summed E-state index contributed by atoms with van der Waals surface area (Å²) in [6, 6.07) is 3.56. The lowest BCUT2D eigenvalue weighted by Gasteiger charge is -2.40. The number of carbonyl (C=O) groups excluding carboxylic acids is 1. The molecule has 5 heteroatoms. The van der Waals surface area contributed by atoms with Crippen molar-refractivity contribution in [1.29, 1.82) is 0 Å². The monoisotopic (exact) mass is 249 g/mol. The Kier molecular flexibility index (Phi) is 3.52. The molecule has 2 rings (SSSR count). The summed E-state index contributed by atoms with van der Waals surface area (Å²) < 4.78 is 0. The Hall–Kier alpha value is -1.62. The van der Waals surface area contributed by atoms with Gasteiger partial charge in [0.1, 0.15) is 5.82 Å². The molecule has 1 aliphatic rings. The van der Waals surface area contributed by atoms with E-state index in [-0.39, 0.29) is 12.5 Å². The lowest BCUT2D eigenvalue weighted by atomic mass is 9.77. The largest absolute Gasteiger partial charge is 0.394 e. The molecule has 1 amide bonds. The van der Waals surface area contributed by atoms with Crippen LogP contribution in [0.15, 0.2) is 18.3 Å². The maximum atomic E-state index is 12.0. The predicted octanol–water partition coefficient (Wildman–Crippen LogP) is 0.792. The van der Waals surface area contributed by atoms with Gasteiger partial charge in [-0.25, -0.2) is 4.98 Å². The number of hydrogen-bond donors (Lipinski definition) is 2. The summed E-state index contributed by atoms with van der Waals surface area (Å²) in [4.78, 5) is 18.1. The molecule has 0 radical (unpaired) electrons. The van der Waals surface area contributed by atoms with Crippen molar-refractivity contribution in [2.24, 2.45) is 0 Å². The van der Waals surface area contributed by atoms with E-state index in [4.69, 9.17) is 0 Å². The van der Waals surface area contributed by atoms with Gasteiger partial charge in [-0.2, -0.15) is 0 Å². The second-order valence-corrected chi connectivity index (χ2v) is 5.05. The quantitative estimate of drug-likeness (QED) is 0.828. The van der Waals surface area contributed by atoms with Crippen molar-refractivity contribution in [2.75, 3.05) is 25.6 Å². The van der Waals surface area contributed by atoms with Gasteiger partial charge in [0.25, 0.3) is 5.91 Å². The van der Waals surface area contributed by atoms with Crippen molar-refractivity contribution in [3.63, 3.8) is 0 Å². The van der Waals surface area contributed by atoms with E-state index in [0.29, 0.717) is 5.56 Å². The van der Waals surface area contributed by atoms with Crippen molar-refractivity contribution in [3.8, 4) is 0 Å². The van der Waals surface area contributed by atoms with Crippen molar-refractivity contribution in [1.82, 2.24) is 10.3 Å². The number of aliphatic hydroxyl groups excluding tert-OH is 1. The zero-order chi connectivity index (χ0) is 13.2. The molecule has 1 aliphatic carbocycles. The topological polar surface area (TPSA) is 65.5 Å². The van der Waals surface area contributed by atoms with Gasteiger partial charge >= 0.3 is 0 Å². The molecule has 1 heterocycles. The number of anilines is 1. The highest BCUT2D eigenvalue weighted by Gasteiger charge is 2.37. The molecule has 98 valence electrons. The molecular weight excluding hydrogens is 230 g/mol. The number of nitrogens with zero attached hydrogens (tertiary/aromatic N) is 2. The lowest BCUT2D eigenvalue weighted by molar-refractivity contribution is 0.0641. The van der Waals surface area contributed by atoms with Gasteiger partial charge in [0.15, 0.2) is 0 Å². The van der Waals surface area contributed by atoms with Gasteiger partial charge in [-0.05, 0) is 31.4 Å². The zero-order valence-electron chi connectivity index (χ0n) is 10.8. The van der Waals surface area contributed by atoms with Crippen LogP contribution in [0, 0.1) is 0 Å². The molecule has 0 aromatic carbocycles. The first-order chi connectivity index (χ1) is 8.56. The van der Waals surface area contributed by atoms with Crippen LogP contribution in [0.1, 0.15) is 29.6 Å². The molecule has 0 bridgehead atoms. The lowest BCUT2D eigenvalue weighted by Crippen LogP contribution is -2.56. The van der Waals surface area contributed by atoms with E-state index in [1.807, 2.05) is 19.0 Å². The van der Waals surface area contributed by atoms with E-state index in [1.54, 1.807) is 18.3 Å². The Morgan fingerprint density at radius 3 is 2.61 bits per heavy atom. The summed E-state index contributed by atoms with van der Waals surface area (Å²) in [5.74, 6) is 0.647. The Morgan fingerprint density at radius 2 is 2.22 bits per heavy atom. The smallest absolute Gasteiger partial charge is 0.253 e. The van der Waals surface area contributed by atoms with Gasteiger partial charge in [0, 0.05) is 20.3 Å². The van der Waals surface area contributed by atoms with Gasteiger partial charge in [0.05, 0.1) is 17.7 Å². The Morgan fingerprint density at radius 1 is 1.50 bits per heavy atom. The number of nitrogens with one attached hydrogen (secondary N) is 1. The third kappa shape index (κ3) is 2.46. The number of pyridine rings is 1. The molecule has 1 fully saturated rings. The van der Waals surface area contributed by atoms with Crippen molar-refractivity contribution >= 4 is 11.7 Å². The van der Waals surface area contributed by atoms with Crippen molar-refractivity contribution in [2.45, 2.75) is 24.8 Å². The molecule has 18 heavy (non-hydrogen) atoms. The normalized spacial score (nSPS) is 16.8. The minimum absolute atomic E-state index is 0.00193. The van der Waals surface area contributed by atoms with Gasteiger partial charge in [-0.3, -0.25) is 4.79 Å². The first-order valence-electron chi connectivity index (χ1n) is 6.13. The second kappa shape index (κ2) is 4.94. The summed E-state index contributed by atoms with van der Waals surface area (Å²) in [6.45, 7) is 0.00193. The summed E-state index contributed by atoms with van der Waals surface area (Å²) in [7, 11) is 3.80. The highest BCUT2D eigenvalue weighted by molar-refractivity contribution is 5.94. The van der Waals surface area contributed by atoms with Crippen molar-refractivity contribution < 1.29 is 9.90 Å². The minimum Gasteiger partial charge on any atom is -0.394 e. The third-order valence-corrected chi connectivity index (χ3v) is 3.46. The van der Waals surface area contributed by atoms with Crippen LogP contribution in [0.3, 0.4) is 0 Å². The zero-order valence-corrected chi connectivity index (χ0v) is 10.8. The van der Waals surface area contributed by atoms with E-state index in [2.05, 4.69) is 10.3 Å². The number of aromatic nitrogens is 1. The Bertz CT molecular complexity index is 419. The molecular formula is C13H19N3O2. The number of aliphatic hydroxyl groups is 1. The first kappa shape index (κ1) is 12.8. The van der Waals surface area contributed by atoms with Crippen LogP contribution in [-0.4, -0.2) is 42.2 Å². The second-order valence-electron chi connectivity index (χ2n) is 5.05. The van der Waals surface area contributed by atoms with Crippen molar-refractivity contribution in [3.05, 3.63) is 23.9 Å².